The molecule has 0 aromatic carbocycles. The van der Waals surface area contributed by atoms with Crippen LogP contribution >= 0.6 is 11.3 Å². The van der Waals surface area contributed by atoms with Crippen LogP contribution in [0.5, 0.6) is 0 Å². The molecule has 0 saturated carbocycles. The first-order valence-electron chi connectivity index (χ1n) is 6.42. The highest BCUT2D eigenvalue weighted by molar-refractivity contribution is 7.13. The van der Waals surface area contributed by atoms with Crippen LogP contribution in [0.4, 0.5) is 10.8 Å². The zero-order chi connectivity index (χ0) is 15.0. The van der Waals surface area contributed by atoms with E-state index in [2.05, 4.69) is 15.3 Å². The minimum atomic E-state index is -0.251. The lowest BCUT2D eigenvalue weighted by Gasteiger charge is -2.11. The maximum atomic E-state index is 12.2. The van der Waals surface area contributed by atoms with Crippen molar-refractivity contribution >= 4 is 33.7 Å². The van der Waals surface area contributed by atoms with Crippen LogP contribution in [0.3, 0.4) is 0 Å². The standard InChI is InChI=1S/C14H15N5OS/c1-9-8-21-14(15-9)17-13(20)11-7-19-6-10(18(2)3)4-5-12(19)16-11/h4-8H,1-3H3,(H,15,17,20). The highest BCUT2D eigenvalue weighted by Crippen LogP contribution is 2.17. The molecule has 0 bridgehead atoms. The number of rotatable bonds is 3. The van der Waals surface area contributed by atoms with Crippen LogP contribution in [0.1, 0.15) is 16.2 Å². The lowest BCUT2D eigenvalue weighted by atomic mass is 10.4. The van der Waals surface area contributed by atoms with Crippen molar-refractivity contribution in [3.8, 4) is 0 Å². The number of amides is 1. The molecule has 0 radical (unpaired) electrons. The molecule has 1 N–H and O–H groups in total. The van der Waals surface area contributed by atoms with Crippen molar-refractivity contribution in [2.24, 2.45) is 0 Å². The van der Waals surface area contributed by atoms with Gasteiger partial charge in [-0.15, -0.1) is 11.3 Å². The van der Waals surface area contributed by atoms with Gasteiger partial charge in [-0.25, -0.2) is 9.97 Å². The fourth-order valence-electron chi connectivity index (χ4n) is 1.93. The van der Waals surface area contributed by atoms with Crippen molar-refractivity contribution in [2.75, 3.05) is 24.3 Å². The Morgan fingerprint density at radius 1 is 1.29 bits per heavy atom. The number of carbonyl (C=O) groups excluding carboxylic acids is 1. The number of fused-ring (bicyclic) bond motifs is 1. The zero-order valence-corrected chi connectivity index (χ0v) is 12.8. The molecule has 6 nitrogen and oxygen atoms in total. The van der Waals surface area contributed by atoms with Crippen molar-refractivity contribution in [3.05, 3.63) is 41.3 Å². The Balaban J connectivity index is 1.88. The number of carbonyl (C=O) groups is 1. The Labute approximate surface area is 126 Å². The molecule has 3 heterocycles. The second-order valence-corrected chi connectivity index (χ2v) is 5.78. The van der Waals surface area contributed by atoms with Gasteiger partial charge < -0.3 is 9.30 Å². The molecule has 7 heteroatoms. The van der Waals surface area contributed by atoms with Gasteiger partial charge in [0.25, 0.3) is 5.91 Å². The Morgan fingerprint density at radius 3 is 2.76 bits per heavy atom. The molecule has 0 aliphatic carbocycles. The summed E-state index contributed by atoms with van der Waals surface area (Å²) in [5, 5.41) is 5.24. The Morgan fingerprint density at radius 2 is 2.10 bits per heavy atom. The molecule has 3 rings (SSSR count). The smallest absolute Gasteiger partial charge is 0.277 e. The van der Waals surface area contributed by atoms with Gasteiger partial charge >= 0.3 is 0 Å². The monoisotopic (exact) mass is 301 g/mol. The van der Waals surface area contributed by atoms with Gasteiger partial charge in [0, 0.05) is 31.9 Å². The highest BCUT2D eigenvalue weighted by atomic mass is 32.1. The van der Waals surface area contributed by atoms with Gasteiger partial charge in [-0.2, -0.15) is 0 Å². The summed E-state index contributed by atoms with van der Waals surface area (Å²) in [4.78, 5) is 22.7. The summed E-state index contributed by atoms with van der Waals surface area (Å²) in [5.74, 6) is -0.251. The van der Waals surface area contributed by atoms with Gasteiger partial charge in [0.2, 0.25) is 0 Å². The second kappa shape index (κ2) is 5.17. The molecule has 3 aromatic heterocycles. The molecular weight excluding hydrogens is 286 g/mol. The Hall–Kier alpha value is -2.41. The number of thiazole rings is 1. The number of imidazole rings is 1. The SMILES string of the molecule is Cc1csc(NC(=O)c2cn3cc(N(C)C)ccc3n2)n1. The fraction of sp³-hybridized carbons (Fsp3) is 0.214. The van der Waals surface area contributed by atoms with E-state index in [1.807, 2.05) is 54.0 Å². The fourth-order valence-corrected chi connectivity index (χ4v) is 2.61. The van der Waals surface area contributed by atoms with Crippen molar-refractivity contribution < 1.29 is 4.79 Å². The second-order valence-electron chi connectivity index (χ2n) is 4.92. The first-order chi connectivity index (χ1) is 10.0. The van der Waals surface area contributed by atoms with E-state index in [-0.39, 0.29) is 5.91 Å². The third-order valence-electron chi connectivity index (χ3n) is 3.02. The number of anilines is 2. The first kappa shape index (κ1) is 13.6. The Bertz CT molecular complexity index is 805. The van der Waals surface area contributed by atoms with E-state index in [0.29, 0.717) is 10.8 Å². The molecule has 0 atom stereocenters. The molecule has 0 saturated heterocycles. The summed E-state index contributed by atoms with van der Waals surface area (Å²) < 4.78 is 1.84. The van der Waals surface area contributed by atoms with E-state index in [9.17, 15) is 4.79 Å². The van der Waals surface area contributed by atoms with Crippen molar-refractivity contribution in [3.63, 3.8) is 0 Å². The van der Waals surface area contributed by atoms with Gasteiger partial charge in [-0.3, -0.25) is 10.1 Å². The van der Waals surface area contributed by atoms with E-state index >= 15 is 0 Å². The molecular formula is C14H15N5OS. The van der Waals surface area contributed by atoms with Gasteiger partial charge in [0.15, 0.2) is 5.13 Å². The average Bonchev–Trinajstić information content (AvgIpc) is 3.03. The summed E-state index contributed by atoms with van der Waals surface area (Å²) in [6, 6.07) is 3.86. The number of aromatic nitrogens is 3. The van der Waals surface area contributed by atoms with Crippen LogP contribution in [0.2, 0.25) is 0 Å². The summed E-state index contributed by atoms with van der Waals surface area (Å²) in [5.41, 5.74) is 3.04. The minimum Gasteiger partial charge on any atom is -0.376 e. The number of aryl methyl sites for hydroxylation is 1. The van der Waals surface area contributed by atoms with E-state index in [1.165, 1.54) is 11.3 Å². The lowest BCUT2D eigenvalue weighted by molar-refractivity contribution is 0.102. The summed E-state index contributed by atoms with van der Waals surface area (Å²) >= 11 is 1.40. The molecule has 0 spiro atoms. The van der Waals surface area contributed by atoms with Crippen LogP contribution in [-0.2, 0) is 0 Å². The van der Waals surface area contributed by atoms with Gasteiger partial charge in [-0.1, -0.05) is 0 Å². The predicted molar refractivity (Wildman–Crippen MR) is 84.3 cm³/mol. The number of hydrogen-bond acceptors (Lipinski definition) is 5. The topological polar surface area (TPSA) is 62.5 Å². The third kappa shape index (κ3) is 2.73. The normalized spacial score (nSPS) is 10.8. The van der Waals surface area contributed by atoms with Gasteiger partial charge in [0.1, 0.15) is 11.3 Å². The molecule has 0 fully saturated rings. The summed E-state index contributed by atoms with van der Waals surface area (Å²) in [6.07, 6.45) is 3.66. The quantitative estimate of drug-likeness (QED) is 0.807. The number of pyridine rings is 1. The molecule has 0 aliphatic rings. The minimum absolute atomic E-state index is 0.251. The largest absolute Gasteiger partial charge is 0.376 e. The first-order valence-corrected chi connectivity index (χ1v) is 7.30. The van der Waals surface area contributed by atoms with E-state index < -0.39 is 0 Å². The van der Waals surface area contributed by atoms with Gasteiger partial charge in [-0.05, 0) is 19.1 Å². The van der Waals surface area contributed by atoms with Crippen LogP contribution in [0.25, 0.3) is 5.65 Å². The van der Waals surface area contributed by atoms with E-state index in [1.54, 1.807) is 6.20 Å². The summed E-state index contributed by atoms with van der Waals surface area (Å²) in [7, 11) is 3.94. The number of hydrogen-bond donors (Lipinski definition) is 1. The molecule has 3 aromatic rings. The maximum absolute atomic E-state index is 12.2. The zero-order valence-electron chi connectivity index (χ0n) is 12.0. The molecule has 1 amide bonds. The molecule has 0 unspecified atom stereocenters. The highest BCUT2D eigenvalue weighted by Gasteiger charge is 2.13. The van der Waals surface area contributed by atoms with Crippen LogP contribution in [0.15, 0.2) is 29.9 Å². The maximum Gasteiger partial charge on any atom is 0.277 e. The molecule has 21 heavy (non-hydrogen) atoms. The van der Waals surface area contributed by atoms with Crippen LogP contribution < -0.4 is 10.2 Å². The summed E-state index contributed by atoms with van der Waals surface area (Å²) in [6.45, 7) is 1.89. The Kier molecular flexibility index (Phi) is 3.34. The van der Waals surface area contributed by atoms with Crippen molar-refractivity contribution in [1.82, 2.24) is 14.4 Å². The number of nitrogens with zero attached hydrogens (tertiary/aromatic N) is 4. The van der Waals surface area contributed by atoms with E-state index in [0.717, 1.165) is 17.0 Å². The lowest BCUT2D eigenvalue weighted by Crippen LogP contribution is -2.12. The average molecular weight is 301 g/mol. The number of nitrogens with one attached hydrogen (secondary N) is 1. The van der Waals surface area contributed by atoms with E-state index in [4.69, 9.17) is 0 Å². The molecule has 108 valence electrons. The van der Waals surface area contributed by atoms with Crippen molar-refractivity contribution in [1.29, 1.82) is 0 Å². The van der Waals surface area contributed by atoms with Gasteiger partial charge in [0.05, 0.1) is 11.4 Å². The predicted octanol–water partition coefficient (Wildman–Crippen LogP) is 2.42. The van der Waals surface area contributed by atoms with Crippen LogP contribution in [-0.4, -0.2) is 34.4 Å². The van der Waals surface area contributed by atoms with Crippen molar-refractivity contribution in [2.45, 2.75) is 6.92 Å². The van der Waals surface area contributed by atoms with Crippen LogP contribution in [0, 0.1) is 6.92 Å². The third-order valence-corrected chi connectivity index (χ3v) is 3.90. The molecule has 0 aliphatic heterocycles.